The highest BCUT2D eigenvalue weighted by Gasteiger charge is 2.41. The van der Waals surface area contributed by atoms with Crippen LogP contribution in [0.25, 0.3) is 0 Å². The number of nitrogens with zero attached hydrogens (tertiary/aromatic N) is 2. The molecule has 0 saturated carbocycles. The van der Waals surface area contributed by atoms with Crippen LogP contribution in [0.4, 0.5) is 11.5 Å². The Hall–Kier alpha value is -1.58. The molecule has 0 aliphatic carbocycles. The minimum atomic E-state index is -0.0209. The summed E-state index contributed by atoms with van der Waals surface area (Å²) in [6, 6.07) is 3.73. The molecule has 1 aromatic rings. The molecule has 1 amide bonds. The van der Waals surface area contributed by atoms with Gasteiger partial charge in [-0.25, -0.2) is 4.98 Å². The average molecular weight is 203 g/mol. The summed E-state index contributed by atoms with van der Waals surface area (Å²) in [6.07, 6.45) is 2.84. The first kappa shape index (κ1) is 8.71. The fourth-order valence-corrected chi connectivity index (χ4v) is 2.51. The number of rotatable bonds is 0. The van der Waals surface area contributed by atoms with E-state index in [0.717, 1.165) is 24.5 Å². The highest BCUT2D eigenvalue weighted by atomic mass is 16.2. The van der Waals surface area contributed by atoms with E-state index in [9.17, 15) is 4.79 Å². The van der Waals surface area contributed by atoms with Gasteiger partial charge in [-0.1, -0.05) is 6.92 Å². The molecule has 3 heterocycles. The van der Waals surface area contributed by atoms with Gasteiger partial charge in [-0.05, 0) is 24.5 Å². The van der Waals surface area contributed by atoms with Crippen LogP contribution in [0.1, 0.15) is 13.3 Å². The zero-order valence-electron chi connectivity index (χ0n) is 8.60. The molecule has 1 saturated heterocycles. The maximum atomic E-state index is 11.9. The number of fused-ring (bicyclic) bond motifs is 3. The van der Waals surface area contributed by atoms with Crippen LogP contribution in [0, 0.1) is 5.92 Å². The molecule has 15 heavy (non-hydrogen) atoms. The molecule has 0 bridgehead atoms. The van der Waals surface area contributed by atoms with Crippen LogP contribution in [-0.4, -0.2) is 23.5 Å². The Morgan fingerprint density at radius 2 is 2.47 bits per heavy atom. The van der Waals surface area contributed by atoms with Crippen LogP contribution in [0.2, 0.25) is 0 Å². The van der Waals surface area contributed by atoms with Gasteiger partial charge in [-0.3, -0.25) is 4.79 Å². The molecular formula is C11H13N3O. The van der Waals surface area contributed by atoms with E-state index in [1.807, 2.05) is 12.1 Å². The van der Waals surface area contributed by atoms with Crippen molar-refractivity contribution in [2.45, 2.75) is 19.4 Å². The van der Waals surface area contributed by atoms with E-state index < -0.39 is 0 Å². The molecule has 4 nitrogen and oxygen atoms in total. The quantitative estimate of drug-likeness (QED) is 0.690. The summed E-state index contributed by atoms with van der Waals surface area (Å²) < 4.78 is 0. The van der Waals surface area contributed by atoms with Crippen molar-refractivity contribution in [1.29, 1.82) is 0 Å². The predicted molar refractivity (Wildman–Crippen MR) is 57.8 cm³/mol. The predicted octanol–water partition coefficient (Wildman–Crippen LogP) is 1.25. The van der Waals surface area contributed by atoms with Crippen molar-refractivity contribution in [1.82, 2.24) is 4.98 Å². The van der Waals surface area contributed by atoms with Gasteiger partial charge in [0.15, 0.2) is 5.82 Å². The molecule has 1 fully saturated rings. The van der Waals surface area contributed by atoms with Crippen LogP contribution in [0.5, 0.6) is 0 Å². The third-order valence-electron chi connectivity index (χ3n) is 3.29. The number of hydrogen-bond acceptors (Lipinski definition) is 3. The summed E-state index contributed by atoms with van der Waals surface area (Å²) in [7, 11) is 0. The van der Waals surface area contributed by atoms with Crippen molar-refractivity contribution in [3.63, 3.8) is 0 Å². The lowest BCUT2D eigenvalue weighted by atomic mass is 10.0. The first-order valence-electron chi connectivity index (χ1n) is 5.30. The minimum Gasteiger partial charge on any atom is -0.343 e. The number of carbonyl (C=O) groups is 1. The van der Waals surface area contributed by atoms with Gasteiger partial charge in [-0.2, -0.15) is 0 Å². The van der Waals surface area contributed by atoms with Crippen LogP contribution >= 0.6 is 0 Å². The molecule has 1 aromatic heterocycles. The summed E-state index contributed by atoms with van der Waals surface area (Å²) in [5.74, 6) is 1.45. The first-order valence-corrected chi connectivity index (χ1v) is 5.30. The molecule has 78 valence electrons. The lowest BCUT2D eigenvalue weighted by molar-refractivity contribution is -0.118. The molecule has 4 heteroatoms. The van der Waals surface area contributed by atoms with E-state index in [4.69, 9.17) is 0 Å². The summed E-state index contributed by atoms with van der Waals surface area (Å²) in [5.41, 5.74) is 0.841. The molecule has 2 aliphatic rings. The maximum absolute atomic E-state index is 11.9. The fraction of sp³-hybridized carbons (Fsp3) is 0.455. The Labute approximate surface area is 88.3 Å². The molecule has 0 aromatic carbocycles. The van der Waals surface area contributed by atoms with E-state index in [-0.39, 0.29) is 11.9 Å². The van der Waals surface area contributed by atoms with Crippen LogP contribution in [-0.2, 0) is 4.79 Å². The van der Waals surface area contributed by atoms with E-state index >= 15 is 0 Å². The van der Waals surface area contributed by atoms with Crippen LogP contribution in [0.3, 0.4) is 0 Å². The van der Waals surface area contributed by atoms with Crippen molar-refractivity contribution >= 4 is 17.4 Å². The summed E-state index contributed by atoms with van der Waals surface area (Å²) in [6.45, 7) is 3.06. The molecule has 1 N–H and O–H groups in total. The van der Waals surface area contributed by atoms with Crippen LogP contribution in [0.15, 0.2) is 18.3 Å². The normalized spacial score (nSPS) is 28.3. The number of hydrogen-bond donors (Lipinski definition) is 1. The molecular weight excluding hydrogens is 190 g/mol. The topological polar surface area (TPSA) is 45.2 Å². The van der Waals surface area contributed by atoms with E-state index in [1.54, 1.807) is 6.20 Å². The van der Waals surface area contributed by atoms with Crippen molar-refractivity contribution < 1.29 is 4.79 Å². The Balaban J connectivity index is 2.10. The number of aromatic nitrogens is 1. The molecule has 0 radical (unpaired) electrons. The van der Waals surface area contributed by atoms with Crippen molar-refractivity contribution in [3.8, 4) is 0 Å². The maximum Gasteiger partial charge on any atom is 0.247 e. The highest BCUT2D eigenvalue weighted by molar-refractivity contribution is 6.03. The van der Waals surface area contributed by atoms with Gasteiger partial charge in [0, 0.05) is 12.7 Å². The van der Waals surface area contributed by atoms with E-state index in [1.165, 1.54) is 0 Å². The Kier molecular flexibility index (Phi) is 1.71. The number of amides is 1. The molecule has 3 rings (SSSR count). The molecule has 2 unspecified atom stereocenters. The van der Waals surface area contributed by atoms with Crippen molar-refractivity contribution in [2.24, 2.45) is 5.92 Å². The van der Waals surface area contributed by atoms with Crippen molar-refractivity contribution in [3.05, 3.63) is 18.3 Å². The summed E-state index contributed by atoms with van der Waals surface area (Å²) in [4.78, 5) is 18.3. The SMILES string of the molecule is CC1CCN2c3ncccc3NC(=O)C12. The van der Waals surface area contributed by atoms with Gasteiger partial charge in [0.1, 0.15) is 6.04 Å². The second-order valence-corrected chi connectivity index (χ2v) is 4.27. The molecule has 0 spiro atoms. The van der Waals surface area contributed by atoms with Gasteiger partial charge in [-0.15, -0.1) is 0 Å². The number of pyridine rings is 1. The average Bonchev–Trinajstić information content (AvgIpc) is 2.62. The van der Waals surface area contributed by atoms with Gasteiger partial charge in [0.25, 0.3) is 0 Å². The third kappa shape index (κ3) is 1.14. The second-order valence-electron chi connectivity index (χ2n) is 4.27. The van der Waals surface area contributed by atoms with Gasteiger partial charge >= 0.3 is 0 Å². The standard InChI is InChI=1S/C11H13N3O/c1-7-4-6-14-9(7)11(15)13-8-3-2-5-12-10(8)14/h2-3,5,7,9H,4,6H2,1H3,(H,13,15). The Bertz CT molecular complexity index is 418. The summed E-state index contributed by atoms with van der Waals surface area (Å²) >= 11 is 0. The van der Waals surface area contributed by atoms with Crippen molar-refractivity contribution in [2.75, 3.05) is 16.8 Å². The lowest BCUT2D eigenvalue weighted by Gasteiger charge is -2.32. The zero-order chi connectivity index (χ0) is 10.4. The van der Waals surface area contributed by atoms with E-state index in [2.05, 4.69) is 22.1 Å². The first-order chi connectivity index (χ1) is 7.27. The van der Waals surface area contributed by atoms with Gasteiger partial charge in [0.05, 0.1) is 5.69 Å². The zero-order valence-corrected chi connectivity index (χ0v) is 8.60. The lowest BCUT2D eigenvalue weighted by Crippen LogP contribution is -2.46. The number of nitrogens with one attached hydrogen (secondary N) is 1. The minimum absolute atomic E-state index is 0.0209. The Morgan fingerprint density at radius 3 is 3.33 bits per heavy atom. The third-order valence-corrected chi connectivity index (χ3v) is 3.29. The number of carbonyl (C=O) groups excluding carboxylic acids is 1. The fourth-order valence-electron chi connectivity index (χ4n) is 2.51. The number of anilines is 2. The van der Waals surface area contributed by atoms with Crippen LogP contribution < -0.4 is 10.2 Å². The highest BCUT2D eigenvalue weighted by Crippen LogP contribution is 2.36. The van der Waals surface area contributed by atoms with Gasteiger partial charge in [0.2, 0.25) is 5.91 Å². The van der Waals surface area contributed by atoms with Gasteiger partial charge < -0.3 is 10.2 Å². The second kappa shape index (κ2) is 2.95. The molecule has 2 atom stereocenters. The smallest absolute Gasteiger partial charge is 0.247 e. The summed E-state index contributed by atoms with van der Waals surface area (Å²) in [5, 5.41) is 2.92. The monoisotopic (exact) mass is 203 g/mol. The Morgan fingerprint density at radius 1 is 1.60 bits per heavy atom. The largest absolute Gasteiger partial charge is 0.343 e. The molecule has 2 aliphatic heterocycles. The van der Waals surface area contributed by atoms with E-state index in [0.29, 0.717) is 5.92 Å².